The van der Waals surface area contributed by atoms with Crippen molar-refractivity contribution < 1.29 is 0 Å². The van der Waals surface area contributed by atoms with Crippen LogP contribution in [0.15, 0.2) is 12.1 Å². The van der Waals surface area contributed by atoms with Gasteiger partial charge in [-0.3, -0.25) is 0 Å². The van der Waals surface area contributed by atoms with E-state index in [2.05, 4.69) is 22.1 Å². The van der Waals surface area contributed by atoms with Crippen LogP contribution < -0.4 is 10.6 Å². The predicted octanol–water partition coefficient (Wildman–Crippen LogP) is 2.46. The number of hydrogen-bond acceptors (Lipinski definition) is 4. The second kappa shape index (κ2) is 3.84. The molecule has 4 saturated carbocycles. The summed E-state index contributed by atoms with van der Waals surface area (Å²) in [5, 5.41) is 8.30. The third-order valence-electron chi connectivity index (χ3n) is 5.73. The molecule has 0 unspecified atom stereocenters. The highest BCUT2D eigenvalue weighted by Gasteiger charge is 2.53. The molecular weight excluding hydrogens is 236 g/mol. The van der Waals surface area contributed by atoms with Gasteiger partial charge in [-0.2, -0.15) is 0 Å². The number of hydrogen-bond donors (Lipinski definition) is 1. The van der Waals surface area contributed by atoms with Gasteiger partial charge in [-0.15, -0.1) is 10.2 Å². The summed E-state index contributed by atoms with van der Waals surface area (Å²) >= 11 is 0. The lowest BCUT2D eigenvalue weighted by Gasteiger charge is -2.60. The third kappa shape index (κ3) is 1.72. The van der Waals surface area contributed by atoms with E-state index in [9.17, 15) is 0 Å². The molecule has 0 radical (unpaired) electrons. The van der Waals surface area contributed by atoms with Crippen molar-refractivity contribution in [3.05, 3.63) is 12.1 Å². The first kappa shape index (κ1) is 11.5. The quantitative estimate of drug-likeness (QED) is 0.885. The Kier molecular flexibility index (Phi) is 2.32. The molecule has 4 aliphatic rings. The fraction of sp³-hybridized carbons (Fsp3) is 0.733. The minimum Gasteiger partial charge on any atom is -0.382 e. The molecule has 5 rings (SSSR count). The molecule has 0 spiro atoms. The minimum atomic E-state index is 0.347. The van der Waals surface area contributed by atoms with Gasteiger partial charge >= 0.3 is 0 Å². The lowest BCUT2D eigenvalue weighted by atomic mass is 9.52. The Hall–Kier alpha value is -1.32. The molecular formula is C15H22N4. The maximum absolute atomic E-state index is 5.64. The van der Waals surface area contributed by atoms with Gasteiger partial charge in [0.1, 0.15) is 5.82 Å². The van der Waals surface area contributed by atoms with E-state index in [0.717, 1.165) is 23.6 Å². The predicted molar refractivity (Wildman–Crippen MR) is 75.8 cm³/mol. The Labute approximate surface area is 114 Å². The Morgan fingerprint density at radius 3 is 2.11 bits per heavy atom. The molecule has 0 amide bonds. The maximum atomic E-state index is 5.64. The van der Waals surface area contributed by atoms with Gasteiger partial charge in [0.15, 0.2) is 5.82 Å². The first-order chi connectivity index (χ1) is 9.14. The summed E-state index contributed by atoms with van der Waals surface area (Å²) in [4.78, 5) is 2.41. The van der Waals surface area contributed by atoms with Gasteiger partial charge < -0.3 is 10.6 Å². The van der Waals surface area contributed by atoms with Gasteiger partial charge in [-0.25, -0.2) is 0 Å². The van der Waals surface area contributed by atoms with Crippen LogP contribution in [0.2, 0.25) is 0 Å². The van der Waals surface area contributed by atoms with Crippen molar-refractivity contribution in [3.8, 4) is 0 Å². The van der Waals surface area contributed by atoms with E-state index in [1.54, 1.807) is 0 Å². The molecule has 1 aromatic rings. The van der Waals surface area contributed by atoms with Crippen LogP contribution in [0.1, 0.15) is 38.5 Å². The Morgan fingerprint density at radius 2 is 1.63 bits per heavy atom. The summed E-state index contributed by atoms with van der Waals surface area (Å²) in [6.07, 6.45) is 8.46. The fourth-order valence-corrected chi connectivity index (χ4v) is 5.23. The monoisotopic (exact) mass is 258 g/mol. The van der Waals surface area contributed by atoms with Crippen LogP contribution >= 0.6 is 0 Å². The van der Waals surface area contributed by atoms with E-state index < -0.39 is 0 Å². The van der Waals surface area contributed by atoms with Gasteiger partial charge in [0, 0.05) is 12.6 Å². The van der Waals surface area contributed by atoms with E-state index in [1.165, 1.54) is 38.5 Å². The standard InChI is InChI=1S/C15H22N4/c1-19(14-3-2-13(16)17-18-14)15-7-10-4-11(8-15)6-12(5-10)9-15/h2-3,10-12H,4-9H2,1H3,(H2,16,17). The molecule has 4 nitrogen and oxygen atoms in total. The zero-order chi connectivity index (χ0) is 13.0. The number of nitrogens with zero attached hydrogens (tertiary/aromatic N) is 3. The summed E-state index contributed by atoms with van der Waals surface area (Å²) in [5.41, 5.74) is 5.99. The first-order valence-corrected chi connectivity index (χ1v) is 7.48. The van der Waals surface area contributed by atoms with Crippen molar-refractivity contribution in [3.63, 3.8) is 0 Å². The van der Waals surface area contributed by atoms with Gasteiger partial charge in [-0.05, 0) is 68.4 Å². The molecule has 4 heteroatoms. The van der Waals surface area contributed by atoms with Gasteiger partial charge in [-0.1, -0.05) is 0 Å². The molecule has 1 aromatic heterocycles. The number of anilines is 2. The second-order valence-electron chi connectivity index (χ2n) is 7.02. The molecule has 0 saturated heterocycles. The molecule has 0 atom stereocenters. The Balaban J connectivity index is 1.65. The summed E-state index contributed by atoms with van der Waals surface area (Å²) in [7, 11) is 2.20. The van der Waals surface area contributed by atoms with E-state index in [0.29, 0.717) is 11.4 Å². The normalized spacial score (nSPS) is 39.5. The van der Waals surface area contributed by atoms with Crippen molar-refractivity contribution in [1.29, 1.82) is 0 Å². The highest BCUT2D eigenvalue weighted by Crippen LogP contribution is 2.57. The second-order valence-corrected chi connectivity index (χ2v) is 7.02. The lowest BCUT2D eigenvalue weighted by Crippen LogP contribution is -2.59. The van der Waals surface area contributed by atoms with Crippen LogP contribution in [0.4, 0.5) is 11.6 Å². The Morgan fingerprint density at radius 1 is 1.05 bits per heavy atom. The average molecular weight is 258 g/mol. The molecule has 4 aliphatic carbocycles. The van der Waals surface area contributed by atoms with E-state index in [1.807, 2.05) is 12.1 Å². The van der Waals surface area contributed by atoms with E-state index in [4.69, 9.17) is 5.73 Å². The smallest absolute Gasteiger partial charge is 0.151 e. The maximum Gasteiger partial charge on any atom is 0.151 e. The largest absolute Gasteiger partial charge is 0.382 e. The van der Waals surface area contributed by atoms with Crippen LogP contribution in [-0.4, -0.2) is 22.8 Å². The van der Waals surface area contributed by atoms with Crippen LogP contribution in [0.3, 0.4) is 0 Å². The highest BCUT2D eigenvalue weighted by atomic mass is 15.3. The fourth-order valence-electron chi connectivity index (χ4n) is 5.23. The third-order valence-corrected chi connectivity index (χ3v) is 5.73. The molecule has 1 heterocycles. The van der Waals surface area contributed by atoms with Crippen molar-refractivity contribution >= 4 is 11.6 Å². The van der Waals surface area contributed by atoms with Crippen LogP contribution in [0.5, 0.6) is 0 Å². The molecule has 0 aromatic carbocycles. The molecule has 102 valence electrons. The minimum absolute atomic E-state index is 0.347. The zero-order valence-electron chi connectivity index (χ0n) is 11.5. The zero-order valence-corrected chi connectivity index (χ0v) is 11.5. The van der Waals surface area contributed by atoms with Gasteiger partial charge in [0.25, 0.3) is 0 Å². The molecule has 19 heavy (non-hydrogen) atoms. The molecule has 2 N–H and O–H groups in total. The number of nitrogens with two attached hydrogens (primary N) is 1. The molecule has 4 fully saturated rings. The van der Waals surface area contributed by atoms with E-state index in [-0.39, 0.29) is 0 Å². The first-order valence-electron chi connectivity index (χ1n) is 7.48. The van der Waals surface area contributed by atoms with Crippen molar-refractivity contribution in [2.75, 3.05) is 17.7 Å². The summed E-state index contributed by atoms with van der Waals surface area (Å²) in [6, 6.07) is 3.88. The topological polar surface area (TPSA) is 55.0 Å². The van der Waals surface area contributed by atoms with Crippen molar-refractivity contribution in [2.45, 2.75) is 44.1 Å². The SMILES string of the molecule is CN(c1ccc(N)nn1)C12CC3CC(CC(C3)C1)C2. The number of aromatic nitrogens is 2. The summed E-state index contributed by atoms with van der Waals surface area (Å²) in [6.45, 7) is 0. The van der Waals surface area contributed by atoms with Crippen LogP contribution in [-0.2, 0) is 0 Å². The van der Waals surface area contributed by atoms with Crippen LogP contribution in [0.25, 0.3) is 0 Å². The highest BCUT2D eigenvalue weighted by molar-refractivity contribution is 5.44. The number of rotatable bonds is 2. The lowest BCUT2D eigenvalue weighted by molar-refractivity contribution is -0.00234. The van der Waals surface area contributed by atoms with Gasteiger partial charge in [0.2, 0.25) is 0 Å². The molecule has 0 aliphatic heterocycles. The van der Waals surface area contributed by atoms with Crippen molar-refractivity contribution in [2.24, 2.45) is 17.8 Å². The summed E-state index contributed by atoms with van der Waals surface area (Å²) < 4.78 is 0. The summed E-state index contributed by atoms with van der Waals surface area (Å²) in [5.74, 6) is 4.35. The average Bonchev–Trinajstić information content (AvgIpc) is 2.37. The van der Waals surface area contributed by atoms with Crippen molar-refractivity contribution in [1.82, 2.24) is 10.2 Å². The molecule has 4 bridgehead atoms. The van der Waals surface area contributed by atoms with Gasteiger partial charge in [0.05, 0.1) is 0 Å². The Bertz CT molecular complexity index is 446. The number of nitrogen functional groups attached to an aromatic ring is 1. The van der Waals surface area contributed by atoms with E-state index >= 15 is 0 Å². The van der Waals surface area contributed by atoms with Crippen LogP contribution in [0, 0.1) is 17.8 Å².